The van der Waals surface area contributed by atoms with Crippen LogP contribution in [0.5, 0.6) is 0 Å². The Morgan fingerprint density at radius 1 is 1.25 bits per heavy atom. The Morgan fingerprint density at radius 2 is 2.05 bits per heavy atom. The van der Waals surface area contributed by atoms with E-state index >= 15 is 0 Å². The van der Waals surface area contributed by atoms with E-state index < -0.39 is 0 Å². The van der Waals surface area contributed by atoms with Gasteiger partial charge in [-0.2, -0.15) is 0 Å². The molecule has 5 heteroatoms. The molecule has 0 atom stereocenters. The maximum atomic E-state index is 4.28. The molecule has 0 saturated carbocycles. The number of rotatable bonds is 5. The summed E-state index contributed by atoms with van der Waals surface area (Å²) in [6.07, 6.45) is 3.88. The van der Waals surface area contributed by atoms with Crippen molar-refractivity contribution in [2.45, 2.75) is 46.1 Å². The van der Waals surface area contributed by atoms with Gasteiger partial charge in [-0.3, -0.25) is 4.98 Å². The monoisotopic (exact) mass is 290 g/mol. The summed E-state index contributed by atoms with van der Waals surface area (Å²) in [6, 6.07) is 4.03. The van der Waals surface area contributed by atoms with Gasteiger partial charge in [0.15, 0.2) is 0 Å². The van der Waals surface area contributed by atoms with Gasteiger partial charge < -0.3 is 5.32 Å². The highest BCUT2D eigenvalue weighted by Gasteiger charge is 2.09. The molecule has 0 radical (unpaired) electrons. The average molecular weight is 290 g/mol. The quantitative estimate of drug-likeness (QED) is 0.859. The van der Waals surface area contributed by atoms with E-state index in [0.717, 1.165) is 40.7 Å². The number of hydrogen-bond acceptors (Lipinski definition) is 5. The highest BCUT2D eigenvalue weighted by Crippen LogP contribution is 2.24. The molecular weight excluding hydrogens is 268 g/mol. The minimum absolute atomic E-state index is 0.181. The van der Waals surface area contributed by atoms with E-state index in [4.69, 9.17) is 0 Å². The van der Waals surface area contributed by atoms with Crippen LogP contribution in [0.25, 0.3) is 10.6 Å². The summed E-state index contributed by atoms with van der Waals surface area (Å²) in [5, 5.41) is 14.1. The van der Waals surface area contributed by atoms with Crippen LogP contribution < -0.4 is 5.32 Å². The highest BCUT2D eigenvalue weighted by molar-refractivity contribution is 7.14. The van der Waals surface area contributed by atoms with Crippen molar-refractivity contribution >= 4 is 11.3 Å². The van der Waals surface area contributed by atoms with Gasteiger partial charge in [-0.15, -0.1) is 10.2 Å². The third kappa shape index (κ3) is 4.65. The number of aryl methyl sites for hydroxylation is 2. The van der Waals surface area contributed by atoms with Crippen molar-refractivity contribution in [1.82, 2.24) is 20.5 Å². The maximum Gasteiger partial charge on any atom is 0.147 e. The topological polar surface area (TPSA) is 50.7 Å². The molecule has 2 aromatic rings. The molecule has 2 rings (SSSR count). The standard InChI is InChI=1S/C15H22N4S/c1-11-10-12(7-9-16-11)14-19-18-13(20-14)6-5-8-17-15(2,3)4/h7,9-10,17H,5-6,8H2,1-4H3. The fraction of sp³-hybridized carbons (Fsp3) is 0.533. The first-order valence-corrected chi connectivity index (χ1v) is 7.76. The highest BCUT2D eigenvalue weighted by atomic mass is 32.1. The Bertz CT molecular complexity index is 557. The fourth-order valence-corrected chi connectivity index (χ4v) is 2.73. The van der Waals surface area contributed by atoms with Gasteiger partial charge >= 0.3 is 0 Å². The molecule has 20 heavy (non-hydrogen) atoms. The number of nitrogens with one attached hydrogen (secondary N) is 1. The molecule has 0 aromatic carbocycles. The molecule has 2 heterocycles. The first-order chi connectivity index (χ1) is 9.44. The number of aromatic nitrogens is 3. The summed E-state index contributed by atoms with van der Waals surface area (Å²) in [5.41, 5.74) is 2.30. The zero-order valence-electron chi connectivity index (χ0n) is 12.6. The van der Waals surface area contributed by atoms with E-state index in [1.165, 1.54) is 0 Å². The van der Waals surface area contributed by atoms with Crippen LogP contribution in [0.4, 0.5) is 0 Å². The van der Waals surface area contributed by atoms with E-state index in [9.17, 15) is 0 Å². The van der Waals surface area contributed by atoms with E-state index in [2.05, 4.69) is 41.3 Å². The molecule has 0 unspecified atom stereocenters. The van der Waals surface area contributed by atoms with E-state index in [1.807, 2.05) is 25.3 Å². The molecule has 0 amide bonds. The molecule has 0 saturated heterocycles. The Kier molecular flexibility index (Phi) is 4.83. The average Bonchev–Trinajstić information content (AvgIpc) is 2.82. The van der Waals surface area contributed by atoms with Crippen molar-refractivity contribution in [1.29, 1.82) is 0 Å². The molecule has 0 aliphatic carbocycles. The van der Waals surface area contributed by atoms with Gasteiger partial charge in [0.25, 0.3) is 0 Å². The van der Waals surface area contributed by atoms with Crippen LogP contribution >= 0.6 is 11.3 Å². The summed E-state index contributed by atoms with van der Waals surface area (Å²) < 4.78 is 0. The van der Waals surface area contributed by atoms with Crippen LogP contribution in [-0.2, 0) is 6.42 Å². The zero-order valence-corrected chi connectivity index (χ0v) is 13.4. The lowest BCUT2D eigenvalue weighted by Gasteiger charge is -2.20. The lowest BCUT2D eigenvalue weighted by Crippen LogP contribution is -2.36. The molecule has 2 aromatic heterocycles. The molecule has 0 fully saturated rings. The molecule has 0 aliphatic heterocycles. The lowest BCUT2D eigenvalue weighted by molar-refractivity contribution is 0.422. The SMILES string of the molecule is Cc1cc(-c2nnc(CCCNC(C)(C)C)s2)ccn1. The summed E-state index contributed by atoms with van der Waals surface area (Å²) >= 11 is 1.67. The normalized spacial score (nSPS) is 11.8. The van der Waals surface area contributed by atoms with Gasteiger partial charge in [-0.05, 0) is 52.8 Å². The van der Waals surface area contributed by atoms with Crippen LogP contribution in [0.2, 0.25) is 0 Å². The Balaban J connectivity index is 1.90. The number of nitrogens with zero attached hydrogens (tertiary/aromatic N) is 3. The van der Waals surface area contributed by atoms with Gasteiger partial charge in [-0.1, -0.05) is 11.3 Å². The predicted molar refractivity (Wildman–Crippen MR) is 84.0 cm³/mol. The smallest absolute Gasteiger partial charge is 0.147 e. The molecular formula is C15H22N4S. The second kappa shape index (κ2) is 6.41. The zero-order chi connectivity index (χ0) is 14.6. The summed E-state index contributed by atoms with van der Waals surface area (Å²) in [6.45, 7) is 9.54. The van der Waals surface area contributed by atoms with Crippen LogP contribution in [0.1, 0.15) is 37.9 Å². The fourth-order valence-electron chi connectivity index (χ4n) is 1.85. The third-order valence-electron chi connectivity index (χ3n) is 2.83. The van der Waals surface area contributed by atoms with E-state index in [0.29, 0.717) is 0 Å². The molecule has 0 spiro atoms. The Morgan fingerprint density at radius 3 is 2.75 bits per heavy atom. The summed E-state index contributed by atoms with van der Waals surface area (Å²) in [4.78, 5) is 4.20. The van der Waals surface area contributed by atoms with Crippen molar-refractivity contribution in [3.63, 3.8) is 0 Å². The van der Waals surface area contributed by atoms with Crippen molar-refractivity contribution in [2.75, 3.05) is 6.54 Å². The minimum atomic E-state index is 0.181. The Hall–Kier alpha value is -1.33. The lowest BCUT2D eigenvalue weighted by atomic mass is 10.1. The third-order valence-corrected chi connectivity index (χ3v) is 3.87. The first kappa shape index (κ1) is 15.1. The summed E-state index contributed by atoms with van der Waals surface area (Å²) in [7, 11) is 0. The second-order valence-corrected chi connectivity index (χ2v) is 7.03. The Labute approximate surface area is 124 Å². The van der Waals surface area contributed by atoms with Gasteiger partial charge in [0.05, 0.1) is 0 Å². The number of hydrogen-bond donors (Lipinski definition) is 1. The van der Waals surface area contributed by atoms with Crippen LogP contribution in [-0.4, -0.2) is 27.3 Å². The molecule has 108 valence electrons. The first-order valence-electron chi connectivity index (χ1n) is 6.94. The molecule has 0 bridgehead atoms. The van der Waals surface area contributed by atoms with Crippen LogP contribution in [0.3, 0.4) is 0 Å². The second-order valence-electron chi connectivity index (χ2n) is 5.97. The van der Waals surface area contributed by atoms with Crippen LogP contribution in [0.15, 0.2) is 18.3 Å². The minimum Gasteiger partial charge on any atom is -0.312 e. The summed E-state index contributed by atoms with van der Waals surface area (Å²) in [5.74, 6) is 0. The molecule has 1 N–H and O–H groups in total. The van der Waals surface area contributed by atoms with E-state index in [-0.39, 0.29) is 5.54 Å². The van der Waals surface area contributed by atoms with Gasteiger partial charge in [0.2, 0.25) is 0 Å². The van der Waals surface area contributed by atoms with Gasteiger partial charge in [0.1, 0.15) is 10.0 Å². The maximum absolute atomic E-state index is 4.28. The van der Waals surface area contributed by atoms with Crippen LogP contribution in [0, 0.1) is 6.92 Å². The predicted octanol–water partition coefficient (Wildman–Crippen LogP) is 3.23. The molecule has 4 nitrogen and oxygen atoms in total. The molecule has 0 aliphatic rings. The van der Waals surface area contributed by atoms with Crippen molar-refractivity contribution in [3.05, 3.63) is 29.0 Å². The van der Waals surface area contributed by atoms with Crippen molar-refractivity contribution < 1.29 is 0 Å². The van der Waals surface area contributed by atoms with E-state index in [1.54, 1.807) is 11.3 Å². The van der Waals surface area contributed by atoms with Crippen molar-refractivity contribution in [3.8, 4) is 10.6 Å². The van der Waals surface area contributed by atoms with Gasteiger partial charge in [-0.25, -0.2) is 0 Å². The van der Waals surface area contributed by atoms with Crippen molar-refractivity contribution in [2.24, 2.45) is 0 Å². The number of pyridine rings is 1. The largest absolute Gasteiger partial charge is 0.312 e. The van der Waals surface area contributed by atoms with Gasteiger partial charge in [0, 0.05) is 29.4 Å².